The van der Waals surface area contributed by atoms with E-state index in [4.69, 9.17) is 21.1 Å². The van der Waals surface area contributed by atoms with Crippen molar-refractivity contribution >= 4 is 33.2 Å². The Morgan fingerprint density at radius 2 is 1.77 bits per heavy atom. The normalized spacial score (nSPS) is 11.3. The molecule has 2 aromatic rings. The topological polar surface area (TPSA) is 84.9 Å². The van der Waals surface area contributed by atoms with Crippen LogP contribution in [-0.4, -0.2) is 46.4 Å². The predicted octanol–water partition coefficient (Wildman–Crippen LogP) is 2.62. The van der Waals surface area contributed by atoms with Crippen molar-refractivity contribution in [1.29, 1.82) is 0 Å². The molecular formula is C17H19ClN2O5S. The molecule has 2 aromatic carbocycles. The smallest absolute Gasteiger partial charge is 0.243 e. The molecule has 0 fully saturated rings. The molecule has 9 heteroatoms. The van der Waals surface area contributed by atoms with Gasteiger partial charge in [-0.15, -0.1) is 0 Å². The first-order valence-corrected chi connectivity index (χ1v) is 9.33. The van der Waals surface area contributed by atoms with Crippen LogP contribution >= 0.6 is 11.6 Å². The van der Waals surface area contributed by atoms with E-state index in [1.54, 1.807) is 24.3 Å². The van der Waals surface area contributed by atoms with E-state index in [-0.39, 0.29) is 11.4 Å². The van der Waals surface area contributed by atoms with E-state index < -0.39 is 15.9 Å². The van der Waals surface area contributed by atoms with Gasteiger partial charge in [-0.25, -0.2) is 8.42 Å². The van der Waals surface area contributed by atoms with Gasteiger partial charge in [0, 0.05) is 12.7 Å². The molecule has 26 heavy (non-hydrogen) atoms. The minimum Gasteiger partial charge on any atom is -0.497 e. The Kier molecular flexibility index (Phi) is 6.47. The summed E-state index contributed by atoms with van der Waals surface area (Å²) < 4.78 is 36.1. The number of nitrogens with one attached hydrogen (secondary N) is 1. The summed E-state index contributed by atoms with van der Waals surface area (Å²) >= 11 is 6.00. The molecule has 140 valence electrons. The summed E-state index contributed by atoms with van der Waals surface area (Å²) in [6.07, 6.45) is 0. The van der Waals surface area contributed by atoms with Crippen LogP contribution < -0.4 is 14.8 Å². The van der Waals surface area contributed by atoms with E-state index >= 15 is 0 Å². The molecular weight excluding hydrogens is 380 g/mol. The molecule has 0 saturated carbocycles. The monoisotopic (exact) mass is 398 g/mol. The van der Waals surface area contributed by atoms with Gasteiger partial charge in [0.2, 0.25) is 15.9 Å². The first kappa shape index (κ1) is 20.0. The number of carbonyl (C=O) groups excluding carboxylic acids is 1. The number of rotatable bonds is 7. The van der Waals surface area contributed by atoms with Crippen LogP contribution in [0.25, 0.3) is 0 Å². The number of hydrogen-bond donors (Lipinski definition) is 1. The van der Waals surface area contributed by atoms with E-state index in [1.807, 2.05) is 0 Å². The summed E-state index contributed by atoms with van der Waals surface area (Å²) in [6, 6.07) is 10.7. The van der Waals surface area contributed by atoms with Gasteiger partial charge >= 0.3 is 0 Å². The first-order valence-electron chi connectivity index (χ1n) is 7.51. The second-order valence-electron chi connectivity index (χ2n) is 5.33. The summed E-state index contributed by atoms with van der Waals surface area (Å²) in [5.74, 6) is 0.524. The molecule has 0 aliphatic rings. The molecule has 0 atom stereocenters. The molecule has 1 N–H and O–H groups in total. The highest BCUT2D eigenvalue weighted by atomic mass is 35.5. The lowest BCUT2D eigenvalue weighted by atomic mass is 10.3. The Hall–Kier alpha value is -2.29. The van der Waals surface area contributed by atoms with Crippen LogP contribution in [0.5, 0.6) is 11.5 Å². The standard InChI is InChI=1S/C17H19ClN2O5S/c1-20(26(22,23)14-7-5-13(24-2)6-8-14)11-17(21)19-12-4-9-16(25-3)15(18)10-12/h4-10H,11H2,1-3H3,(H,19,21). The Labute approximate surface area is 157 Å². The summed E-state index contributed by atoms with van der Waals surface area (Å²) in [5.41, 5.74) is 0.441. The summed E-state index contributed by atoms with van der Waals surface area (Å²) in [6.45, 7) is -0.349. The van der Waals surface area contributed by atoms with Crippen molar-refractivity contribution in [1.82, 2.24) is 4.31 Å². The van der Waals surface area contributed by atoms with E-state index in [0.717, 1.165) is 4.31 Å². The van der Waals surface area contributed by atoms with Gasteiger partial charge in [0.1, 0.15) is 11.5 Å². The van der Waals surface area contributed by atoms with E-state index in [2.05, 4.69) is 5.32 Å². The number of amides is 1. The van der Waals surface area contributed by atoms with Crippen molar-refractivity contribution in [2.24, 2.45) is 0 Å². The van der Waals surface area contributed by atoms with Crippen molar-refractivity contribution in [3.05, 3.63) is 47.5 Å². The van der Waals surface area contributed by atoms with E-state index in [1.165, 1.54) is 39.5 Å². The maximum absolute atomic E-state index is 12.5. The number of benzene rings is 2. The quantitative estimate of drug-likeness (QED) is 0.774. The number of carbonyl (C=O) groups is 1. The van der Waals surface area contributed by atoms with E-state index in [0.29, 0.717) is 22.2 Å². The molecule has 0 bridgehead atoms. The average molecular weight is 399 g/mol. The molecule has 0 radical (unpaired) electrons. The number of ether oxygens (including phenoxy) is 2. The van der Waals surface area contributed by atoms with Crippen LogP contribution in [0.1, 0.15) is 0 Å². The lowest BCUT2D eigenvalue weighted by Crippen LogP contribution is -2.34. The maximum atomic E-state index is 12.5. The average Bonchev–Trinajstić information content (AvgIpc) is 2.61. The Morgan fingerprint density at radius 3 is 2.31 bits per heavy atom. The van der Waals surface area contributed by atoms with Crippen molar-refractivity contribution in [3.63, 3.8) is 0 Å². The van der Waals surface area contributed by atoms with Gasteiger partial charge in [-0.05, 0) is 42.5 Å². The third kappa shape index (κ3) is 4.66. The highest BCUT2D eigenvalue weighted by Gasteiger charge is 2.23. The SMILES string of the molecule is COc1ccc(S(=O)(=O)N(C)CC(=O)Nc2ccc(OC)c(Cl)c2)cc1. The first-order chi connectivity index (χ1) is 12.3. The summed E-state index contributed by atoms with van der Waals surface area (Å²) in [7, 11) is 0.510. The maximum Gasteiger partial charge on any atom is 0.243 e. The largest absolute Gasteiger partial charge is 0.497 e. The van der Waals surface area contributed by atoms with Gasteiger partial charge < -0.3 is 14.8 Å². The highest BCUT2D eigenvalue weighted by Crippen LogP contribution is 2.27. The molecule has 0 aliphatic heterocycles. The fourth-order valence-corrected chi connectivity index (χ4v) is 3.54. The minimum absolute atomic E-state index is 0.0705. The Balaban J connectivity index is 2.06. The zero-order valence-corrected chi connectivity index (χ0v) is 16.1. The molecule has 2 rings (SSSR count). The molecule has 0 unspecified atom stereocenters. The van der Waals surface area contributed by atoms with Crippen LogP contribution in [0, 0.1) is 0 Å². The number of methoxy groups -OCH3 is 2. The number of anilines is 1. The summed E-state index contributed by atoms with van der Waals surface area (Å²) in [4.78, 5) is 12.2. The highest BCUT2D eigenvalue weighted by molar-refractivity contribution is 7.89. The Morgan fingerprint density at radius 1 is 1.12 bits per heavy atom. The van der Waals surface area contributed by atoms with Crippen LogP contribution in [0.2, 0.25) is 5.02 Å². The van der Waals surface area contributed by atoms with Gasteiger partial charge in [-0.1, -0.05) is 11.6 Å². The van der Waals surface area contributed by atoms with Crippen molar-refractivity contribution < 1.29 is 22.7 Å². The number of nitrogens with zero attached hydrogens (tertiary/aromatic N) is 1. The van der Waals surface area contributed by atoms with Crippen LogP contribution in [0.3, 0.4) is 0 Å². The van der Waals surface area contributed by atoms with Gasteiger partial charge in [0.25, 0.3) is 0 Å². The predicted molar refractivity (Wildman–Crippen MR) is 99.4 cm³/mol. The molecule has 0 spiro atoms. The minimum atomic E-state index is -3.80. The molecule has 0 heterocycles. The zero-order chi connectivity index (χ0) is 19.3. The molecule has 0 aliphatic carbocycles. The third-order valence-electron chi connectivity index (χ3n) is 3.57. The van der Waals surface area contributed by atoms with Crippen molar-refractivity contribution in [3.8, 4) is 11.5 Å². The molecule has 0 aromatic heterocycles. The lowest BCUT2D eigenvalue weighted by molar-refractivity contribution is -0.116. The fourth-order valence-electron chi connectivity index (χ4n) is 2.16. The van der Waals surface area contributed by atoms with E-state index in [9.17, 15) is 13.2 Å². The van der Waals surface area contributed by atoms with Gasteiger partial charge in [0.15, 0.2) is 0 Å². The number of likely N-dealkylation sites (N-methyl/N-ethyl adjacent to an activating group) is 1. The molecule has 1 amide bonds. The van der Waals surface area contributed by atoms with Crippen LogP contribution in [-0.2, 0) is 14.8 Å². The van der Waals surface area contributed by atoms with Crippen molar-refractivity contribution in [2.75, 3.05) is 33.1 Å². The fraction of sp³-hybridized carbons (Fsp3) is 0.235. The van der Waals surface area contributed by atoms with Crippen LogP contribution in [0.15, 0.2) is 47.4 Å². The second kappa shape index (κ2) is 8.39. The van der Waals surface area contributed by atoms with Gasteiger partial charge in [-0.3, -0.25) is 4.79 Å². The zero-order valence-electron chi connectivity index (χ0n) is 14.5. The molecule has 7 nitrogen and oxygen atoms in total. The third-order valence-corrected chi connectivity index (χ3v) is 5.68. The molecule has 0 saturated heterocycles. The second-order valence-corrected chi connectivity index (χ2v) is 7.79. The number of hydrogen-bond acceptors (Lipinski definition) is 5. The summed E-state index contributed by atoms with van der Waals surface area (Å²) in [5, 5.41) is 2.94. The Bertz CT molecular complexity index is 885. The van der Waals surface area contributed by atoms with Crippen molar-refractivity contribution in [2.45, 2.75) is 4.90 Å². The van der Waals surface area contributed by atoms with Gasteiger partial charge in [-0.2, -0.15) is 4.31 Å². The number of sulfonamides is 1. The van der Waals surface area contributed by atoms with Crippen LogP contribution in [0.4, 0.5) is 5.69 Å². The van der Waals surface area contributed by atoms with Gasteiger partial charge in [0.05, 0.1) is 30.7 Å². The number of halogens is 1. The lowest BCUT2D eigenvalue weighted by Gasteiger charge is -2.17.